The van der Waals surface area contributed by atoms with Crippen molar-refractivity contribution in [3.63, 3.8) is 0 Å². The second-order valence-electron chi connectivity index (χ2n) is 7.85. The Morgan fingerprint density at radius 2 is 2.13 bits per heavy atom. The third-order valence-corrected chi connectivity index (χ3v) is 6.26. The summed E-state index contributed by atoms with van der Waals surface area (Å²) >= 11 is 0. The van der Waals surface area contributed by atoms with Crippen LogP contribution in [0.15, 0.2) is 43.0 Å². The van der Waals surface area contributed by atoms with Gasteiger partial charge >= 0.3 is 0 Å². The topological polar surface area (TPSA) is 93.1 Å². The lowest BCUT2D eigenvalue weighted by Gasteiger charge is -2.35. The number of pyridine rings is 2. The van der Waals surface area contributed by atoms with E-state index in [1.165, 1.54) is 6.26 Å². The first-order chi connectivity index (χ1) is 14.4. The molecule has 5 rings (SSSR count). The summed E-state index contributed by atoms with van der Waals surface area (Å²) in [4.78, 5) is 14.7. The van der Waals surface area contributed by atoms with Gasteiger partial charge in [-0.2, -0.15) is 0 Å². The molecule has 0 unspecified atom stereocenters. The molecule has 0 spiro atoms. The van der Waals surface area contributed by atoms with Gasteiger partial charge < -0.3 is 19.2 Å². The first-order valence-electron chi connectivity index (χ1n) is 9.84. The lowest BCUT2D eigenvalue weighted by atomic mass is 10.1. The predicted octanol–water partition coefficient (Wildman–Crippen LogP) is 2.81. The third kappa shape index (κ3) is 3.33. The summed E-state index contributed by atoms with van der Waals surface area (Å²) in [5.41, 5.74) is 4.29. The first-order valence-corrected chi connectivity index (χ1v) is 11.9. The highest BCUT2D eigenvalue weighted by atomic mass is 32.2. The van der Waals surface area contributed by atoms with Crippen LogP contribution in [0.4, 0.5) is 5.69 Å². The number of hydrogen-bond acceptors (Lipinski definition) is 6. The van der Waals surface area contributed by atoms with E-state index < -0.39 is 9.84 Å². The fourth-order valence-electron chi connectivity index (χ4n) is 4.14. The molecule has 4 aromatic rings. The molecule has 0 saturated carbocycles. The summed E-state index contributed by atoms with van der Waals surface area (Å²) in [5.74, 6) is -0.113. The summed E-state index contributed by atoms with van der Waals surface area (Å²) in [7, 11) is -3.22. The van der Waals surface area contributed by atoms with Gasteiger partial charge in [0.25, 0.3) is 0 Å². The number of rotatable bonds is 4. The molecule has 5 heterocycles. The van der Waals surface area contributed by atoms with E-state index in [0.29, 0.717) is 18.9 Å². The maximum atomic E-state index is 12.0. The van der Waals surface area contributed by atoms with Crippen molar-refractivity contribution >= 4 is 37.5 Å². The summed E-state index contributed by atoms with van der Waals surface area (Å²) < 4.78 is 31.3. The van der Waals surface area contributed by atoms with Crippen LogP contribution in [-0.2, 0) is 20.5 Å². The number of ether oxygens (including phenoxy) is 1. The van der Waals surface area contributed by atoms with Gasteiger partial charge in [0.05, 0.1) is 36.3 Å². The van der Waals surface area contributed by atoms with Gasteiger partial charge in [0.15, 0.2) is 9.84 Å². The zero-order chi connectivity index (χ0) is 20.9. The molecular weight excluding hydrogens is 402 g/mol. The number of fused-ring (bicyclic) bond motifs is 2. The molecular formula is C21H23N5O3S. The fourth-order valence-corrected chi connectivity index (χ4v) is 4.86. The number of morpholine rings is 1. The lowest BCUT2D eigenvalue weighted by molar-refractivity contribution is 0.0991. The van der Waals surface area contributed by atoms with Crippen molar-refractivity contribution in [1.29, 1.82) is 0 Å². The van der Waals surface area contributed by atoms with E-state index in [1.54, 1.807) is 23.2 Å². The van der Waals surface area contributed by atoms with E-state index in [9.17, 15) is 8.42 Å². The molecule has 0 aliphatic carbocycles. The highest BCUT2D eigenvalue weighted by molar-refractivity contribution is 7.89. The standard InChI is InChI=1S/C21H23N5O3S/c1-14-12-29-8-7-26(14)20-9-18(17-10-22-11-19-15(17)3-5-23-19)24-21-16(20)4-6-25(21)13-30(2,27)28/h3-6,9-11,14,23H,7-8,12-13H2,1-2H3/t14-/m1/s1. The SMILES string of the molecule is C[C@@H]1COCCN1c1cc(-c2cncc3[nH]ccc23)nc2c1ccn2CS(C)(=O)=O. The largest absolute Gasteiger partial charge is 0.377 e. The van der Waals surface area contributed by atoms with Crippen LogP contribution in [0.1, 0.15) is 6.92 Å². The Morgan fingerprint density at radius 1 is 1.27 bits per heavy atom. The number of hydrogen-bond donors (Lipinski definition) is 1. The number of nitrogens with zero attached hydrogens (tertiary/aromatic N) is 4. The molecule has 1 aliphatic rings. The van der Waals surface area contributed by atoms with Gasteiger partial charge in [-0.25, -0.2) is 13.4 Å². The van der Waals surface area contributed by atoms with Crippen molar-refractivity contribution < 1.29 is 13.2 Å². The van der Waals surface area contributed by atoms with Crippen LogP contribution in [0.25, 0.3) is 33.2 Å². The Labute approximate surface area is 174 Å². The van der Waals surface area contributed by atoms with Gasteiger partial charge in [-0.15, -0.1) is 0 Å². The quantitative estimate of drug-likeness (QED) is 0.540. The number of aromatic nitrogens is 4. The second-order valence-corrected chi connectivity index (χ2v) is 9.96. The van der Waals surface area contributed by atoms with Crippen LogP contribution in [0, 0.1) is 0 Å². The number of aromatic amines is 1. The number of nitrogens with one attached hydrogen (secondary N) is 1. The molecule has 0 aromatic carbocycles. The van der Waals surface area contributed by atoms with Gasteiger partial charge in [0.1, 0.15) is 11.5 Å². The minimum atomic E-state index is -3.22. The Bertz CT molecular complexity index is 1340. The molecule has 30 heavy (non-hydrogen) atoms. The van der Waals surface area contributed by atoms with Gasteiger partial charge in [-0.3, -0.25) is 4.98 Å². The number of sulfone groups is 1. The van der Waals surface area contributed by atoms with E-state index in [4.69, 9.17) is 9.72 Å². The van der Waals surface area contributed by atoms with E-state index >= 15 is 0 Å². The molecule has 1 N–H and O–H groups in total. The lowest BCUT2D eigenvalue weighted by Crippen LogP contribution is -2.43. The van der Waals surface area contributed by atoms with Crippen LogP contribution in [-0.4, -0.2) is 60.0 Å². The normalized spacial score (nSPS) is 17.8. The van der Waals surface area contributed by atoms with Crippen molar-refractivity contribution in [3.8, 4) is 11.3 Å². The summed E-state index contributed by atoms with van der Waals surface area (Å²) in [6, 6.07) is 6.24. The van der Waals surface area contributed by atoms with Crippen LogP contribution < -0.4 is 4.90 Å². The van der Waals surface area contributed by atoms with E-state index in [2.05, 4.69) is 27.9 Å². The van der Waals surface area contributed by atoms with Gasteiger partial charge in [-0.05, 0) is 25.1 Å². The molecule has 0 bridgehead atoms. The van der Waals surface area contributed by atoms with Crippen LogP contribution in [0.3, 0.4) is 0 Å². The molecule has 1 atom stereocenters. The van der Waals surface area contributed by atoms with Crippen molar-refractivity contribution in [3.05, 3.63) is 43.0 Å². The average molecular weight is 426 g/mol. The molecule has 0 amide bonds. The first kappa shape index (κ1) is 19.1. The molecule has 1 saturated heterocycles. The molecule has 1 aliphatic heterocycles. The van der Waals surface area contributed by atoms with Crippen molar-refractivity contribution in [2.24, 2.45) is 0 Å². The van der Waals surface area contributed by atoms with Gasteiger partial charge in [0.2, 0.25) is 0 Å². The third-order valence-electron chi connectivity index (χ3n) is 5.51. The molecule has 4 aromatic heterocycles. The maximum absolute atomic E-state index is 12.0. The van der Waals surface area contributed by atoms with Crippen molar-refractivity contribution in [1.82, 2.24) is 19.5 Å². The molecule has 0 radical (unpaired) electrons. The van der Waals surface area contributed by atoms with Gasteiger partial charge in [-0.1, -0.05) is 0 Å². The fraction of sp³-hybridized carbons (Fsp3) is 0.333. The zero-order valence-electron chi connectivity index (χ0n) is 16.9. The second kappa shape index (κ2) is 7.10. The van der Waals surface area contributed by atoms with Crippen LogP contribution >= 0.6 is 0 Å². The van der Waals surface area contributed by atoms with E-state index in [0.717, 1.165) is 39.8 Å². The minimum Gasteiger partial charge on any atom is -0.377 e. The van der Waals surface area contributed by atoms with E-state index in [1.807, 2.05) is 18.3 Å². The molecule has 1 fully saturated rings. The maximum Gasteiger partial charge on any atom is 0.165 e. The summed E-state index contributed by atoms with van der Waals surface area (Å²) in [6.07, 6.45) is 8.51. The molecule has 8 nitrogen and oxygen atoms in total. The Morgan fingerprint density at radius 3 is 2.93 bits per heavy atom. The molecule has 9 heteroatoms. The smallest absolute Gasteiger partial charge is 0.165 e. The highest BCUT2D eigenvalue weighted by Crippen LogP contribution is 2.35. The molecule has 156 valence electrons. The van der Waals surface area contributed by atoms with E-state index in [-0.39, 0.29) is 11.9 Å². The number of H-pyrrole nitrogens is 1. The average Bonchev–Trinajstić information content (AvgIpc) is 3.34. The van der Waals surface area contributed by atoms with Gasteiger partial charge in [0, 0.05) is 53.8 Å². The Kier molecular flexibility index (Phi) is 4.52. The Balaban J connectivity index is 1.76. The monoisotopic (exact) mass is 425 g/mol. The Hall–Kier alpha value is -2.91. The zero-order valence-corrected chi connectivity index (χ0v) is 17.7. The predicted molar refractivity (Wildman–Crippen MR) is 117 cm³/mol. The summed E-state index contributed by atoms with van der Waals surface area (Å²) in [5, 5.41) is 1.96. The van der Waals surface area contributed by atoms with Crippen LogP contribution in [0.5, 0.6) is 0 Å². The van der Waals surface area contributed by atoms with Crippen molar-refractivity contribution in [2.75, 3.05) is 30.9 Å². The summed E-state index contributed by atoms with van der Waals surface area (Å²) in [6.45, 7) is 4.21. The minimum absolute atomic E-state index is 0.113. The van der Waals surface area contributed by atoms with Crippen LogP contribution in [0.2, 0.25) is 0 Å². The highest BCUT2D eigenvalue weighted by Gasteiger charge is 2.24. The number of anilines is 1. The van der Waals surface area contributed by atoms with Crippen molar-refractivity contribution in [2.45, 2.75) is 18.8 Å².